The van der Waals surface area contributed by atoms with Gasteiger partial charge in [0.05, 0.1) is 0 Å². The Kier molecular flexibility index (Phi) is 58.3. The molecule has 0 saturated heterocycles. The minimum absolute atomic E-state index is 0.0822. The lowest BCUT2D eigenvalue weighted by Crippen LogP contribution is -2.30. The third kappa shape index (κ3) is 59.0. The van der Waals surface area contributed by atoms with Gasteiger partial charge in [0, 0.05) is 19.3 Å². The Morgan fingerprint density at radius 1 is 0.284 bits per heavy atom. The molecular weight excluding hydrogens is 913 g/mol. The van der Waals surface area contributed by atoms with Gasteiger partial charge in [-0.15, -0.1) is 0 Å². The molecule has 1 atom stereocenters. The van der Waals surface area contributed by atoms with Crippen molar-refractivity contribution in [1.82, 2.24) is 0 Å². The summed E-state index contributed by atoms with van der Waals surface area (Å²) in [5.74, 6) is -0.899. The van der Waals surface area contributed by atoms with Crippen LogP contribution in [0.1, 0.15) is 284 Å². The Hall–Kier alpha value is -3.93. The summed E-state index contributed by atoms with van der Waals surface area (Å²) in [6.45, 7) is 6.36. The van der Waals surface area contributed by atoms with Crippen LogP contribution in [0.2, 0.25) is 0 Å². The Morgan fingerprint density at radius 3 is 0.824 bits per heavy atom. The largest absolute Gasteiger partial charge is 0.462 e. The third-order valence-electron chi connectivity index (χ3n) is 13.0. The number of carbonyl (C=O) groups excluding carboxylic acids is 3. The molecule has 6 heteroatoms. The maximum absolute atomic E-state index is 12.8. The molecule has 0 aromatic heterocycles. The fourth-order valence-corrected chi connectivity index (χ4v) is 8.46. The Bertz CT molecular complexity index is 1510. The molecule has 0 aliphatic heterocycles. The van der Waals surface area contributed by atoms with Gasteiger partial charge in [0.15, 0.2) is 6.10 Å². The molecule has 0 spiro atoms. The van der Waals surface area contributed by atoms with E-state index >= 15 is 0 Å². The quantitative estimate of drug-likeness (QED) is 0.0261. The number of esters is 3. The zero-order valence-corrected chi connectivity index (χ0v) is 48.3. The first kappa shape index (κ1) is 70.1. The number of unbranched alkanes of at least 4 members (excludes halogenated alkanes) is 26. The summed E-state index contributed by atoms with van der Waals surface area (Å²) in [5.41, 5.74) is 0. The molecule has 0 fully saturated rings. The Morgan fingerprint density at radius 2 is 0.527 bits per heavy atom. The summed E-state index contributed by atoms with van der Waals surface area (Å²) < 4.78 is 16.8. The highest BCUT2D eigenvalue weighted by atomic mass is 16.6. The zero-order chi connectivity index (χ0) is 53.6. The van der Waals surface area contributed by atoms with Gasteiger partial charge in [-0.25, -0.2) is 0 Å². The van der Waals surface area contributed by atoms with Crippen LogP contribution in [-0.4, -0.2) is 37.2 Å². The van der Waals surface area contributed by atoms with Gasteiger partial charge in [-0.3, -0.25) is 14.4 Å². The third-order valence-corrected chi connectivity index (χ3v) is 13.0. The predicted octanol–water partition coefficient (Wildman–Crippen LogP) is 21.0. The minimum atomic E-state index is -0.782. The van der Waals surface area contributed by atoms with Gasteiger partial charge in [-0.1, -0.05) is 271 Å². The number of hydrogen-bond donors (Lipinski definition) is 0. The van der Waals surface area contributed by atoms with E-state index in [-0.39, 0.29) is 31.1 Å². The summed E-state index contributed by atoms with van der Waals surface area (Å²) in [6.07, 6.45) is 84.1. The van der Waals surface area contributed by atoms with Crippen LogP contribution in [0.25, 0.3) is 0 Å². The van der Waals surface area contributed by atoms with E-state index in [1.54, 1.807) is 0 Å². The van der Waals surface area contributed by atoms with Crippen LogP contribution < -0.4 is 0 Å². The minimum Gasteiger partial charge on any atom is -0.462 e. The van der Waals surface area contributed by atoms with Crippen molar-refractivity contribution in [3.63, 3.8) is 0 Å². The van der Waals surface area contributed by atoms with E-state index in [1.807, 2.05) is 0 Å². The molecule has 0 radical (unpaired) electrons. The predicted molar refractivity (Wildman–Crippen MR) is 320 cm³/mol. The maximum Gasteiger partial charge on any atom is 0.306 e. The molecule has 0 amide bonds. The van der Waals surface area contributed by atoms with Crippen molar-refractivity contribution in [2.75, 3.05) is 13.2 Å². The molecule has 0 aliphatic carbocycles. The van der Waals surface area contributed by atoms with Crippen molar-refractivity contribution in [2.45, 2.75) is 290 Å². The van der Waals surface area contributed by atoms with Crippen molar-refractivity contribution in [1.29, 1.82) is 0 Å². The molecule has 6 nitrogen and oxygen atoms in total. The van der Waals surface area contributed by atoms with E-state index in [1.165, 1.54) is 122 Å². The number of hydrogen-bond acceptors (Lipinski definition) is 6. The molecule has 0 aromatic rings. The molecule has 422 valence electrons. The molecule has 0 aliphatic rings. The van der Waals surface area contributed by atoms with E-state index in [0.29, 0.717) is 19.3 Å². The molecule has 0 aromatic carbocycles. The van der Waals surface area contributed by atoms with Crippen LogP contribution >= 0.6 is 0 Å². The molecule has 0 saturated carbocycles. The average Bonchev–Trinajstić information content (AvgIpc) is 3.40. The molecule has 0 rings (SSSR count). The number of ether oxygens (including phenoxy) is 3. The Labute approximate surface area is 457 Å². The van der Waals surface area contributed by atoms with Gasteiger partial charge in [0.1, 0.15) is 13.2 Å². The highest BCUT2D eigenvalue weighted by Gasteiger charge is 2.19. The molecule has 74 heavy (non-hydrogen) atoms. The summed E-state index contributed by atoms with van der Waals surface area (Å²) in [5, 5.41) is 0. The first-order valence-corrected chi connectivity index (χ1v) is 30.9. The van der Waals surface area contributed by atoms with Crippen LogP contribution in [0.4, 0.5) is 0 Å². The van der Waals surface area contributed by atoms with Crippen molar-refractivity contribution in [3.05, 3.63) is 109 Å². The number of rotatable bonds is 55. The van der Waals surface area contributed by atoms with Crippen LogP contribution in [0.15, 0.2) is 109 Å². The van der Waals surface area contributed by atoms with E-state index in [9.17, 15) is 14.4 Å². The normalized spacial score (nSPS) is 12.9. The first-order valence-electron chi connectivity index (χ1n) is 30.9. The summed E-state index contributed by atoms with van der Waals surface area (Å²) in [6, 6.07) is 0. The lowest BCUT2D eigenvalue weighted by molar-refractivity contribution is -0.167. The van der Waals surface area contributed by atoms with Crippen LogP contribution in [0, 0.1) is 0 Å². The summed E-state index contributed by atoms with van der Waals surface area (Å²) in [4.78, 5) is 38.0. The second-order valence-corrected chi connectivity index (χ2v) is 20.2. The van der Waals surface area contributed by atoms with E-state index in [4.69, 9.17) is 14.2 Å². The Balaban J connectivity index is 4.12. The van der Waals surface area contributed by atoms with Crippen molar-refractivity contribution < 1.29 is 28.6 Å². The van der Waals surface area contributed by atoms with E-state index in [0.717, 1.165) is 122 Å². The van der Waals surface area contributed by atoms with Crippen LogP contribution in [0.5, 0.6) is 0 Å². The van der Waals surface area contributed by atoms with Crippen LogP contribution in [0.3, 0.4) is 0 Å². The monoisotopic (exact) mass is 1030 g/mol. The van der Waals surface area contributed by atoms with Crippen molar-refractivity contribution >= 4 is 17.9 Å². The van der Waals surface area contributed by atoms with Crippen molar-refractivity contribution in [3.8, 4) is 0 Å². The molecular formula is C68H114O6. The van der Waals surface area contributed by atoms with Gasteiger partial charge >= 0.3 is 17.9 Å². The smallest absolute Gasteiger partial charge is 0.306 e. The van der Waals surface area contributed by atoms with E-state index < -0.39 is 6.10 Å². The lowest BCUT2D eigenvalue weighted by atomic mass is 10.0. The van der Waals surface area contributed by atoms with E-state index in [2.05, 4.69) is 130 Å². The molecule has 0 bridgehead atoms. The average molecular weight is 1030 g/mol. The van der Waals surface area contributed by atoms with Gasteiger partial charge in [0.2, 0.25) is 0 Å². The summed E-state index contributed by atoms with van der Waals surface area (Å²) in [7, 11) is 0. The second kappa shape index (κ2) is 61.6. The zero-order valence-electron chi connectivity index (χ0n) is 48.3. The van der Waals surface area contributed by atoms with Gasteiger partial charge in [0.25, 0.3) is 0 Å². The highest BCUT2D eigenvalue weighted by Crippen LogP contribution is 2.16. The first-order chi connectivity index (χ1) is 36.5. The van der Waals surface area contributed by atoms with Gasteiger partial charge in [-0.2, -0.15) is 0 Å². The SMILES string of the molecule is CC/C=C\C/C=C\C/C=C\C/C=C\C/C=C\CCCCCCCCCC(=O)OC(COC(=O)CCCCCCCC)COC(=O)CCCCCCCCCCCCCCCC/C=C\C/C=C\C/C=C\C/C=C\CC. The summed E-state index contributed by atoms with van der Waals surface area (Å²) >= 11 is 0. The topological polar surface area (TPSA) is 78.9 Å². The second-order valence-electron chi connectivity index (χ2n) is 20.2. The van der Waals surface area contributed by atoms with Gasteiger partial charge < -0.3 is 14.2 Å². The van der Waals surface area contributed by atoms with Gasteiger partial charge in [-0.05, 0) is 103 Å². The maximum atomic E-state index is 12.8. The lowest BCUT2D eigenvalue weighted by Gasteiger charge is -2.18. The standard InChI is InChI=1S/C68H114O6/c1-4-7-10-13-16-18-20-22-24-26-28-30-32-33-34-35-37-38-40-42-44-46-48-50-52-55-58-61-67(70)73-64-65(63-72-66(69)60-57-54-15-12-9-6-3)74-68(71)62-59-56-53-51-49-47-45-43-41-39-36-31-29-27-25-23-21-19-17-14-11-8-5-2/h7-8,10-11,16-19,22-25,28-31,39,41,65H,4-6,9,12-15,20-21,26-27,32-38,40,42-64H2,1-3H3/b10-7-,11-8-,18-16-,19-17-,24-22-,25-23-,30-28-,31-29-,41-39-. The highest BCUT2D eigenvalue weighted by molar-refractivity contribution is 5.71. The molecule has 0 heterocycles. The fourth-order valence-electron chi connectivity index (χ4n) is 8.46. The number of allylic oxidation sites excluding steroid dienone is 18. The van der Waals surface area contributed by atoms with Crippen LogP contribution in [-0.2, 0) is 28.6 Å². The fraction of sp³-hybridized carbons (Fsp3) is 0.691. The van der Waals surface area contributed by atoms with Crippen molar-refractivity contribution in [2.24, 2.45) is 0 Å². The molecule has 1 unspecified atom stereocenters. The number of carbonyl (C=O) groups is 3. The molecule has 0 N–H and O–H groups in total.